The van der Waals surface area contributed by atoms with Gasteiger partial charge in [-0.05, 0) is 25.7 Å². The average Bonchev–Trinajstić information content (AvgIpc) is 3.01. The third kappa shape index (κ3) is 2.54. The van der Waals surface area contributed by atoms with Crippen molar-refractivity contribution in [3.05, 3.63) is 11.3 Å². The van der Waals surface area contributed by atoms with Crippen LogP contribution in [0.3, 0.4) is 0 Å². The molecule has 6 atom stereocenters. The lowest BCUT2D eigenvalue weighted by molar-refractivity contribution is -0.139. The van der Waals surface area contributed by atoms with Gasteiger partial charge in [0.2, 0.25) is 0 Å². The van der Waals surface area contributed by atoms with E-state index in [-0.39, 0.29) is 18.0 Å². The highest BCUT2D eigenvalue weighted by molar-refractivity contribution is 14.1. The minimum Gasteiger partial charge on any atom is -0.493 e. The highest BCUT2D eigenvalue weighted by Crippen LogP contribution is 2.48. The van der Waals surface area contributed by atoms with Gasteiger partial charge in [0.25, 0.3) is 0 Å². The second kappa shape index (κ2) is 5.83. The summed E-state index contributed by atoms with van der Waals surface area (Å²) in [5.74, 6) is 1.80. The van der Waals surface area contributed by atoms with Crippen LogP contribution in [0.25, 0.3) is 0 Å². The zero-order valence-electron chi connectivity index (χ0n) is 11.9. The first-order valence-corrected chi connectivity index (χ1v) is 10.5. The van der Waals surface area contributed by atoms with Crippen molar-refractivity contribution < 1.29 is 14.3 Å². The summed E-state index contributed by atoms with van der Waals surface area (Å²) in [5, 5.41) is 0. The van der Waals surface area contributed by atoms with Gasteiger partial charge in [-0.25, -0.2) is 4.79 Å². The lowest BCUT2D eigenvalue weighted by Gasteiger charge is -2.29. The Labute approximate surface area is 152 Å². The fourth-order valence-corrected chi connectivity index (χ4v) is 6.71. The van der Waals surface area contributed by atoms with Crippen molar-refractivity contribution >= 4 is 51.2 Å². The van der Waals surface area contributed by atoms with Crippen LogP contribution in [0.5, 0.6) is 0 Å². The molecule has 0 bridgehead atoms. The lowest BCUT2D eigenvalue weighted by Crippen LogP contribution is -2.31. The Morgan fingerprint density at radius 1 is 0.905 bits per heavy atom. The molecule has 0 spiro atoms. The van der Waals surface area contributed by atoms with Crippen LogP contribution < -0.4 is 0 Å². The standard InChI is InChI=1S/C16H20I2O3/c17-10-5-1-3-8-7-12(20-14(8)10)13-9-4-2-6-11(18)15(9)21-16(13)19/h8-11,14-15H,1-7H2/b13-12-. The molecule has 0 aromatic rings. The maximum atomic E-state index is 12.4. The molecular formula is C16H20I2O3. The first kappa shape index (κ1) is 15.0. The smallest absolute Gasteiger partial charge is 0.338 e. The predicted molar refractivity (Wildman–Crippen MR) is 96.7 cm³/mol. The molecule has 2 aliphatic carbocycles. The van der Waals surface area contributed by atoms with E-state index in [9.17, 15) is 4.79 Å². The summed E-state index contributed by atoms with van der Waals surface area (Å²) in [6, 6.07) is 0. The second-order valence-electron chi connectivity index (χ2n) is 6.75. The Balaban J connectivity index is 1.64. The molecule has 4 rings (SSSR count). The average molecular weight is 514 g/mol. The van der Waals surface area contributed by atoms with E-state index in [1.807, 2.05) is 0 Å². The van der Waals surface area contributed by atoms with Crippen LogP contribution in [0.2, 0.25) is 0 Å². The third-order valence-corrected chi connectivity index (χ3v) is 8.15. The molecule has 2 saturated heterocycles. The van der Waals surface area contributed by atoms with Crippen LogP contribution in [0.15, 0.2) is 11.3 Å². The number of hydrogen-bond acceptors (Lipinski definition) is 3. The number of carbonyl (C=O) groups excluding carboxylic acids is 1. The third-order valence-electron chi connectivity index (χ3n) is 5.48. The number of hydrogen-bond donors (Lipinski definition) is 0. The fraction of sp³-hybridized carbons (Fsp3) is 0.812. The van der Waals surface area contributed by atoms with E-state index < -0.39 is 0 Å². The van der Waals surface area contributed by atoms with Gasteiger partial charge in [0.15, 0.2) is 0 Å². The van der Waals surface area contributed by atoms with Crippen molar-refractivity contribution in [2.75, 3.05) is 0 Å². The summed E-state index contributed by atoms with van der Waals surface area (Å²) in [6.07, 6.45) is 8.63. The van der Waals surface area contributed by atoms with Crippen LogP contribution in [-0.2, 0) is 14.3 Å². The zero-order chi connectivity index (χ0) is 14.6. The summed E-state index contributed by atoms with van der Waals surface area (Å²) < 4.78 is 13.0. The quantitative estimate of drug-likeness (QED) is 0.211. The van der Waals surface area contributed by atoms with E-state index in [0.717, 1.165) is 24.2 Å². The molecule has 2 aliphatic heterocycles. The van der Waals surface area contributed by atoms with Crippen LogP contribution in [-0.4, -0.2) is 26.0 Å². The van der Waals surface area contributed by atoms with E-state index in [0.29, 0.717) is 19.9 Å². The normalized spacial score (nSPS) is 49.3. The van der Waals surface area contributed by atoms with Gasteiger partial charge < -0.3 is 9.47 Å². The van der Waals surface area contributed by atoms with E-state index in [1.165, 1.54) is 32.1 Å². The van der Waals surface area contributed by atoms with E-state index >= 15 is 0 Å². The Morgan fingerprint density at radius 2 is 1.62 bits per heavy atom. The summed E-state index contributed by atoms with van der Waals surface area (Å²) in [5.41, 5.74) is 0.902. The van der Waals surface area contributed by atoms with E-state index in [4.69, 9.17) is 9.47 Å². The maximum absolute atomic E-state index is 12.4. The molecule has 0 radical (unpaired) electrons. The van der Waals surface area contributed by atoms with Gasteiger partial charge in [0.1, 0.15) is 18.0 Å². The van der Waals surface area contributed by atoms with Gasteiger partial charge in [-0.1, -0.05) is 58.0 Å². The Hall–Kier alpha value is 0.470. The fourth-order valence-electron chi connectivity index (χ4n) is 4.45. The van der Waals surface area contributed by atoms with Gasteiger partial charge in [-0.2, -0.15) is 0 Å². The van der Waals surface area contributed by atoms with Crippen LogP contribution in [0.1, 0.15) is 44.9 Å². The molecule has 6 unspecified atom stereocenters. The van der Waals surface area contributed by atoms with Crippen molar-refractivity contribution in [2.24, 2.45) is 11.8 Å². The summed E-state index contributed by atoms with van der Waals surface area (Å²) >= 11 is 4.98. The molecule has 4 fully saturated rings. The number of carbonyl (C=O) groups is 1. The van der Waals surface area contributed by atoms with Gasteiger partial charge in [-0.15, -0.1) is 0 Å². The number of fused-ring (bicyclic) bond motifs is 2. The summed E-state index contributed by atoms with van der Waals surface area (Å²) in [4.78, 5) is 12.4. The lowest BCUT2D eigenvalue weighted by atomic mass is 9.81. The number of ether oxygens (including phenoxy) is 2. The molecule has 21 heavy (non-hydrogen) atoms. The predicted octanol–water partition coefficient (Wildman–Crippen LogP) is 4.16. The molecule has 0 aromatic carbocycles. The SMILES string of the molecule is O=C1OC2C(I)CCCC2/C1=C1\CC2CCCC(I)C2O1. The second-order valence-corrected chi connectivity index (χ2v) is 9.95. The Bertz CT molecular complexity index is 490. The van der Waals surface area contributed by atoms with Crippen molar-refractivity contribution in [2.45, 2.75) is 65.0 Å². The minimum absolute atomic E-state index is 0.0905. The van der Waals surface area contributed by atoms with Gasteiger partial charge >= 0.3 is 5.97 Å². The molecule has 2 heterocycles. The first-order chi connectivity index (χ1) is 10.1. The zero-order valence-corrected chi connectivity index (χ0v) is 16.2. The molecule has 5 heteroatoms. The maximum Gasteiger partial charge on any atom is 0.338 e. The molecule has 0 amide bonds. The van der Waals surface area contributed by atoms with Crippen molar-refractivity contribution in [3.63, 3.8) is 0 Å². The van der Waals surface area contributed by atoms with Crippen LogP contribution in [0, 0.1) is 11.8 Å². The minimum atomic E-state index is -0.0905. The first-order valence-electron chi connectivity index (χ1n) is 8.04. The highest BCUT2D eigenvalue weighted by Gasteiger charge is 2.50. The number of rotatable bonds is 0. The molecule has 0 aromatic heterocycles. The largest absolute Gasteiger partial charge is 0.493 e. The molecule has 2 saturated carbocycles. The number of halogens is 2. The van der Waals surface area contributed by atoms with Crippen LogP contribution in [0.4, 0.5) is 0 Å². The molecule has 0 N–H and O–H groups in total. The molecular weight excluding hydrogens is 494 g/mol. The summed E-state index contributed by atoms with van der Waals surface area (Å²) in [7, 11) is 0. The molecule has 116 valence electrons. The number of alkyl halides is 2. The van der Waals surface area contributed by atoms with Crippen molar-refractivity contribution in [1.29, 1.82) is 0 Å². The monoisotopic (exact) mass is 514 g/mol. The number of esters is 1. The van der Waals surface area contributed by atoms with Crippen LogP contribution >= 0.6 is 45.2 Å². The van der Waals surface area contributed by atoms with E-state index in [1.54, 1.807) is 0 Å². The summed E-state index contributed by atoms with van der Waals surface area (Å²) in [6.45, 7) is 0. The van der Waals surface area contributed by atoms with Gasteiger partial charge in [0.05, 0.1) is 5.57 Å². The Morgan fingerprint density at radius 3 is 2.38 bits per heavy atom. The number of allylic oxidation sites excluding steroid dienone is 1. The van der Waals surface area contributed by atoms with Crippen molar-refractivity contribution in [3.8, 4) is 0 Å². The Kier molecular flexibility index (Phi) is 4.17. The molecule has 4 aliphatic rings. The van der Waals surface area contributed by atoms with Gasteiger partial charge in [0, 0.05) is 26.1 Å². The molecule has 3 nitrogen and oxygen atoms in total. The van der Waals surface area contributed by atoms with E-state index in [2.05, 4.69) is 45.2 Å². The highest BCUT2D eigenvalue weighted by atomic mass is 127. The van der Waals surface area contributed by atoms with Crippen molar-refractivity contribution in [1.82, 2.24) is 0 Å². The van der Waals surface area contributed by atoms with Gasteiger partial charge in [-0.3, -0.25) is 0 Å². The topological polar surface area (TPSA) is 35.5 Å².